The second kappa shape index (κ2) is 6.70. The van der Waals surface area contributed by atoms with E-state index in [1.54, 1.807) is 19.1 Å². The van der Waals surface area contributed by atoms with Gasteiger partial charge in [0.15, 0.2) is 6.17 Å². The van der Waals surface area contributed by atoms with E-state index in [1.165, 1.54) is 6.07 Å². The maximum Gasteiger partial charge on any atom is 0.416 e. The molecule has 0 spiro atoms. The number of halogens is 4. The fourth-order valence-electron chi connectivity index (χ4n) is 2.50. The van der Waals surface area contributed by atoms with Gasteiger partial charge in [0.2, 0.25) is 10.0 Å². The highest BCUT2D eigenvalue weighted by atomic mass is 35.5. The van der Waals surface area contributed by atoms with Crippen LogP contribution in [0.15, 0.2) is 41.3 Å². The molecule has 0 aromatic heterocycles. The highest BCUT2D eigenvalue weighted by molar-refractivity contribution is 7.89. The van der Waals surface area contributed by atoms with Crippen molar-refractivity contribution in [1.29, 1.82) is 0 Å². The normalized spacial score (nSPS) is 18.3. The first-order valence-electron chi connectivity index (χ1n) is 7.54. The van der Waals surface area contributed by atoms with Crippen molar-refractivity contribution in [2.75, 3.05) is 10.6 Å². The van der Waals surface area contributed by atoms with E-state index in [-0.39, 0.29) is 21.3 Å². The summed E-state index contributed by atoms with van der Waals surface area (Å²) in [7, 11) is -4.18. The number of hydrogen-bond donors (Lipinski definition) is 3. The molecule has 1 heterocycles. The summed E-state index contributed by atoms with van der Waals surface area (Å²) in [4.78, 5) is 12.0. The molecule has 0 saturated carbocycles. The molecule has 3 N–H and O–H groups in total. The van der Waals surface area contributed by atoms with Crippen molar-refractivity contribution in [3.05, 3.63) is 52.5 Å². The number of fused-ring (bicyclic) bond motifs is 1. The smallest absolute Gasteiger partial charge is 0.360 e. The van der Waals surface area contributed by atoms with Crippen LogP contribution in [-0.2, 0) is 21.0 Å². The number of hydrogen-bond acceptors (Lipinski definition) is 4. The van der Waals surface area contributed by atoms with Crippen LogP contribution in [0.25, 0.3) is 0 Å². The molecule has 11 heteroatoms. The van der Waals surface area contributed by atoms with Gasteiger partial charge in [-0.3, -0.25) is 4.79 Å². The van der Waals surface area contributed by atoms with Crippen LogP contribution >= 0.6 is 11.6 Å². The number of carbonyl (C=O) groups is 1. The number of rotatable bonds is 2. The molecule has 3 rings (SSSR count). The van der Waals surface area contributed by atoms with Crippen molar-refractivity contribution in [1.82, 2.24) is 4.72 Å². The van der Waals surface area contributed by atoms with Gasteiger partial charge in [-0.2, -0.15) is 17.9 Å². The van der Waals surface area contributed by atoms with Crippen LogP contribution in [0.3, 0.4) is 0 Å². The van der Waals surface area contributed by atoms with E-state index >= 15 is 0 Å². The highest BCUT2D eigenvalue weighted by Gasteiger charge is 2.37. The Labute approximate surface area is 157 Å². The van der Waals surface area contributed by atoms with Gasteiger partial charge in [-0.1, -0.05) is 17.7 Å². The maximum absolute atomic E-state index is 12.9. The fourth-order valence-corrected chi connectivity index (χ4v) is 4.04. The summed E-state index contributed by atoms with van der Waals surface area (Å²) in [5, 5.41) is 5.15. The minimum absolute atomic E-state index is 0.238. The topological polar surface area (TPSA) is 87.3 Å². The number of alkyl halides is 3. The summed E-state index contributed by atoms with van der Waals surface area (Å²) < 4.78 is 65.3. The molecule has 2 aromatic carbocycles. The van der Waals surface area contributed by atoms with Gasteiger partial charge in [0, 0.05) is 0 Å². The van der Waals surface area contributed by atoms with Crippen LogP contribution < -0.4 is 15.4 Å². The lowest BCUT2D eigenvalue weighted by atomic mass is 10.2. The molecule has 0 saturated heterocycles. The Morgan fingerprint density at radius 3 is 2.52 bits per heavy atom. The summed E-state index contributed by atoms with van der Waals surface area (Å²) in [5.74, 6) is -0.826. The molecule has 6 nitrogen and oxygen atoms in total. The number of aryl methyl sites for hydroxylation is 1. The Morgan fingerprint density at radius 2 is 1.89 bits per heavy atom. The highest BCUT2D eigenvalue weighted by Crippen LogP contribution is 2.35. The van der Waals surface area contributed by atoms with Crippen LogP contribution in [0, 0.1) is 6.92 Å². The van der Waals surface area contributed by atoms with E-state index in [9.17, 15) is 26.4 Å². The van der Waals surface area contributed by atoms with Crippen molar-refractivity contribution < 1.29 is 26.4 Å². The van der Waals surface area contributed by atoms with E-state index in [0.717, 1.165) is 11.6 Å². The number of carbonyl (C=O) groups excluding carboxylic acids is 1. The SMILES string of the molecule is Cc1ccc(NC(=O)[C@@H]2Nc3cc(C(F)(F)F)ccc3S(=O)(=O)N2)c(Cl)c1. The van der Waals surface area contributed by atoms with Crippen LogP contribution in [-0.4, -0.2) is 20.5 Å². The fraction of sp³-hybridized carbons (Fsp3) is 0.188. The molecule has 0 aliphatic carbocycles. The van der Waals surface area contributed by atoms with Crippen LogP contribution in [0.4, 0.5) is 24.5 Å². The predicted molar refractivity (Wildman–Crippen MR) is 94.0 cm³/mol. The summed E-state index contributed by atoms with van der Waals surface area (Å²) in [5.41, 5.74) is -0.267. The number of sulfonamides is 1. The molecule has 1 aliphatic heterocycles. The molecule has 1 aliphatic rings. The predicted octanol–water partition coefficient (Wildman–Crippen LogP) is 3.34. The Morgan fingerprint density at radius 1 is 1.19 bits per heavy atom. The van der Waals surface area contributed by atoms with Gasteiger partial charge in [0.25, 0.3) is 5.91 Å². The second-order valence-electron chi connectivity index (χ2n) is 5.88. The summed E-state index contributed by atoms with van der Waals surface area (Å²) in [6.45, 7) is 1.80. The molecule has 0 unspecified atom stereocenters. The van der Waals surface area contributed by atoms with E-state index in [2.05, 4.69) is 15.4 Å². The van der Waals surface area contributed by atoms with Gasteiger partial charge in [-0.15, -0.1) is 0 Å². The van der Waals surface area contributed by atoms with Gasteiger partial charge in [-0.25, -0.2) is 8.42 Å². The first-order chi connectivity index (χ1) is 12.5. The van der Waals surface area contributed by atoms with E-state index in [4.69, 9.17) is 11.6 Å². The van der Waals surface area contributed by atoms with Crippen molar-refractivity contribution >= 4 is 38.9 Å². The number of amides is 1. The standard InChI is InChI=1S/C16H13ClF3N3O3S/c1-8-2-4-11(10(17)6-8)22-15(24)14-21-12-7-9(16(18,19)20)3-5-13(12)27(25,26)23-14/h2-7,14,21,23H,1H3,(H,22,24)/t14-/m1/s1. The minimum atomic E-state index is -4.65. The van der Waals surface area contributed by atoms with Gasteiger partial charge in [-0.05, 0) is 42.8 Å². The third kappa shape index (κ3) is 4.02. The Balaban J connectivity index is 1.90. The second-order valence-corrected chi connectivity index (χ2v) is 7.97. The van der Waals surface area contributed by atoms with Crippen molar-refractivity contribution in [2.24, 2.45) is 0 Å². The quantitative estimate of drug-likeness (QED) is 0.696. The molecule has 0 radical (unpaired) electrons. The molecule has 1 atom stereocenters. The van der Waals surface area contributed by atoms with Crippen molar-refractivity contribution in [3.63, 3.8) is 0 Å². The monoisotopic (exact) mass is 419 g/mol. The van der Waals surface area contributed by atoms with Gasteiger partial charge < -0.3 is 10.6 Å². The number of anilines is 2. The molecule has 27 heavy (non-hydrogen) atoms. The first-order valence-corrected chi connectivity index (χ1v) is 9.40. The van der Waals surface area contributed by atoms with Gasteiger partial charge in [0.05, 0.1) is 22.0 Å². The largest absolute Gasteiger partial charge is 0.416 e. The van der Waals surface area contributed by atoms with E-state index < -0.39 is 33.8 Å². The third-order valence-electron chi connectivity index (χ3n) is 3.81. The lowest BCUT2D eigenvalue weighted by Gasteiger charge is -2.27. The average molecular weight is 420 g/mol. The summed E-state index contributed by atoms with van der Waals surface area (Å²) >= 11 is 6.02. The Bertz CT molecular complexity index is 1030. The zero-order valence-corrected chi connectivity index (χ0v) is 15.3. The van der Waals surface area contributed by atoms with E-state index in [0.29, 0.717) is 12.1 Å². The van der Waals surface area contributed by atoms with Gasteiger partial charge in [0.1, 0.15) is 4.90 Å². The first kappa shape index (κ1) is 19.5. The maximum atomic E-state index is 12.9. The van der Waals surface area contributed by atoms with Crippen LogP contribution in [0.1, 0.15) is 11.1 Å². The number of benzene rings is 2. The summed E-state index contributed by atoms with van der Waals surface area (Å²) in [6, 6.07) is 6.95. The average Bonchev–Trinajstić information content (AvgIpc) is 2.55. The molecule has 0 bridgehead atoms. The van der Waals surface area contributed by atoms with Crippen molar-refractivity contribution in [2.45, 2.75) is 24.2 Å². The van der Waals surface area contributed by atoms with Crippen LogP contribution in [0.2, 0.25) is 5.02 Å². The van der Waals surface area contributed by atoms with Gasteiger partial charge >= 0.3 is 6.18 Å². The lowest BCUT2D eigenvalue weighted by molar-refractivity contribution is -0.137. The van der Waals surface area contributed by atoms with Crippen LogP contribution in [0.5, 0.6) is 0 Å². The molecule has 0 fully saturated rings. The zero-order valence-electron chi connectivity index (χ0n) is 13.7. The lowest BCUT2D eigenvalue weighted by Crippen LogP contribution is -2.51. The van der Waals surface area contributed by atoms with Crippen molar-refractivity contribution in [3.8, 4) is 0 Å². The molecule has 144 valence electrons. The molecule has 1 amide bonds. The molecule has 2 aromatic rings. The zero-order chi connectivity index (χ0) is 20.0. The molecular weight excluding hydrogens is 407 g/mol. The molecular formula is C16H13ClF3N3O3S. The number of nitrogens with one attached hydrogen (secondary N) is 3. The Kier molecular flexibility index (Phi) is 4.83. The summed E-state index contributed by atoms with van der Waals surface area (Å²) in [6.07, 6.45) is -6.17. The Hall–Kier alpha value is -2.30. The van der Waals surface area contributed by atoms with E-state index in [1.807, 2.05) is 0 Å². The third-order valence-corrected chi connectivity index (χ3v) is 5.61. The minimum Gasteiger partial charge on any atom is -0.360 e.